The molecular weight excluding hydrogens is 198 g/mol. The summed E-state index contributed by atoms with van der Waals surface area (Å²) in [6, 6.07) is 3.77. The fourth-order valence-electron chi connectivity index (χ4n) is 0.864. The Hall–Kier alpha value is -1.30. The highest BCUT2D eigenvalue weighted by Crippen LogP contribution is 2.16. The van der Waals surface area contributed by atoms with E-state index in [1.807, 2.05) is 19.1 Å². The number of nitrogens with zero attached hydrogens (tertiary/aromatic N) is 3. The number of guanidine groups is 1. The minimum absolute atomic E-state index is 0.0435. The van der Waals surface area contributed by atoms with Crippen molar-refractivity contribution in [2.24, 2.45) is 16.5 Å². The minimum Gasteiger partial charge on any atom is -0.370 e. The number of rotatable bonds is 4. The summed E-state index contributed by atoms with van der Waals surface area (Å²) in [4.78, 5) is 3.98. The van der Waals surface area contributed by atoms with Crippen LogP contribution in [0.1, 0.15) is 12.6 Å². The molecule has 4 N–H and O–H groups in total. The number of hydrogen-bond donors (Lipinski definition) is 2. The van der Waals surface area contributed by atoms with Gasteiger partial charge in [-0.3, -0.25) is 0 Å². The molecule has 0 aliphatic carbocycles. The van der Waals surface area contributed by atoms with Crippen LogP contribution >= 0.6 is 11.8 Å². The molecule has 0 aliphatic heterocycles. The van der Waals surface area contributed by atoms with Crippen molar-refractivity contribution in [1.29, 1.82) is 0 Å². The number of aliphatic imine (C=N–C) groups is 1. The van der Waals surface area contributed by atoms with E-state index < -0.39 is 0 Å². The second kappa shape index (κ2) is 5.43. The average Bonchev–Trinajstić information content (AvgIpc) is 2.15. The quantitative estimate of drug-likeness (QED) is 0.553. The van der Waals surface area contributed by atoms with Crippen LogP contribution in [-0.4, -0.2) is 21.5 Å². The van der Waals surface area contributed by atoms with Crippen molar-refractivity contribution >= 4 is 17.7 Å². The Morgan fingerprint density at radius 1 is 1.64 bits per heavy atom. The van der Waals surface area contributed by atoms with Gasteiger partial charge in [0.2, 0.25) is 0 Å². The molecule has 0 fully saturated rings. The summed E-state index contributed by atoms with van der Waals surface area (Å²) >= 11 is 1.61. The Morgan fingerprint density at radius 3 is 3.00 bits per heavy atom. The SMILES string of the molecule is CC(N=C(N)N)SCc1cccnn1. The highest BCUT2D eigenvalue weighted by atomic mass is 32.2. The zero-order chi connectivity index (χ0) is 10.4. The van der Waals surface area contributed by atoms with Gasteiger partial charge < -0.3 is 11.5 Å². The number of aromatic nitrogens is 2. The van der Waals surface area contributed by atoms with Gasteiger partial charge in [0.25, 0.3) is 0 Å². The maximum absolute atomic E-state index is 5.25. The average molecular weight is 211 g/mol. The van der Waals surface area contributed by atoms with Crippen LogP contribution in [0, 0.1) is 0 Å². The van der Waals surface area contributed by atoms with Crippen LogP contribution in [0.15, 0.2) is 23.3 Å². The van der Waals surface area contributed by atoms with E-state index >= 15 is 0 Å². The van der Waals surface area contributed by atoms with Crippen molar-refractivity contribution in [2.75, 3.05) is 0 Å². The van der Waals surface area contributed by atoms with Gasteiger partial charge in [-0.25, -0.2) is 4.99 Å². The van der Waals surface area contributed by atoms with Crippen molar-refractivity contribution < 1.29 is 0 Å². The third kappa shape index (κ3) is 4.08. The fourth-order valence-corrected chi connectivity index (χ4v) is 1.63. The molecule has 0 radical (unpaired) electrons. The Kier molecular flexibility index (Phi) is 4.18. The van der Waals surface area contributed by atoms with Crippen LogP contribution in [0.5, 0.6) is 0 Å². The molecule has 0 saturated heterocycles. The monoisotopic (exact) mass is 211 g/mol. The predicted molar refractivity (Wildman–Crippen MR) is 58.6 cm³/mol. The van der Waals surface area contributed by atoms with E-state index in [0.29, 0.717) is 0 Å². The van der Waals surface area contributed by atoms with Gasteiger partial charge in [-0.1, -0.05) is 0 Å². The molecule has 0 aliphatic rings. The third-order valence-corrected chi connectivity index (χ3v) is 2.48. The van der Waals surface area contributed by atoms with E-state index in [2.05, 4.69) is 15.2 Å². The molecule has 14 heavy (non-hydrogen) atoms. The van der Waals surface area contributed by atoms with E-state index in [1.165, 1.54) is 0 Å². The summed E-state index contributed by atoms with van der Waals surface area (Å²) in [6.45, 7) is 1.93. The first-order chi connectivity index (χ1) is 6.68. The van der Waals surface area contributed by atoms with Gasteiger partial charge in [0, 0.05) is 11.9 Å². The second-order valence-electron chi connectivity index (χ2n) is 2.68. The maximum atomic E-state index is 5.25. The van der Waals surface area contributed by atoms with Crippen molar-refractivity contribution in [3.8, 4) is 0 Å². The molecule has 0 saturated carbocycles. The van der Waals surface area contributed by atoms with Gasteiger partial charge in [-0.15, -0.1) is 11.8 Å². The standard InChI is InChI=1S/C8H13N5S/c1-6(12-8(9)10)14-5-7-3-2-4-11-13-7/h2-4,6H,5H2,1H3,(H4,9,10,12). The van der Waals surface area contributed by atoms with Gasteiger partial charge >= 0.3 is 0 Å². The van der Waals surface area contributed by atoms with Crippen LogP contribution in [0.4, 0.5) is 0 Å². The Labute approximate surface area is 87.0 Å². The molecule has 1 atom stereocenters. The number of thioether (sulfide) groups is 1. The highest BCUT2D eigenvalue weighted by Gasteiger charge is 2.01. The zero-order valence-corrected chi connectivity index (χ0v) is 8.74. The van der Waals surface area contributed by atoms with Crippen LogP contribution < -0.4 is 11.5 Å². The van der Waals surface area contributed by atoms with E-state index in [4.69, 9.17) is 11.5 Å². The minimum atomic E-state index is 0.0435. The predicted octanol–water partition coefficient (Wildman–Crippen LogP) is 0.329. The molecule has 5 nitrogen and oxygen atoms in total. The largest absolute Gasteiger partial charge is 0.370 e. The van der Waals surface area contributed by atoms with E-state index in [-0.39, 0.29) is 11.3 Å². The topological polar surface area (TPSA) is 90.2 Å². The summed E-state index contributed by atoms with van der Waals surface area (Å²) in [5.74, 6) is 0.871. The molecule has 0 aromatic carbocycles. The van der Waals surface area contributed by atoms with Crippen molar-refractivity contribution in [3.05, 3.63) is 24.0 Å². The molecular formula is C8H13N5S. The Morgan fingerprint density at radius 2 is 2.43 bits per heavy atom. The van der Waals surface area contributed by atoms with Gasteiger partial charge in [0.05, 0.1) is 11.1 Å². The van der Waals surface area contributed by atoms with Crippen molar-refractivity contribution in [2.45, 2.75) is 18.1 Å². The maximum Gasteiger partial charge on any atom is 0.187 e. The zero-order valence-electron chi connectivity index (χ0n) is 7.92. The molecule has 0 spiro atoms. The lowest BCUT2D eigenvalue weighted by Crippen LogP contribution is -2.24. The molecule has 0 amide bonds. The molecule has 1 heterocycles. The lowest BCUT2D eigenvalue weighted by Gasteiger charge is -2.05. The highest BCUT2D eigenvalue weighted by molar-refractivity contribution is 7.99. The van der Waals surface area contributed by atoms with Crippen molar-refractivity contribution in [1.82, 2.24) is 10.2 Å². The summed E-state index contributed by atoms with van der Waals surface area (Å²) in [5.41, 5.74) is 11.4. The summed E-state index contributed by atoms with van der Waals surface area (Å²) < 4.78 is 0. The number of nitrogens with two attached hydrogens (primary N) is 2. The molecule has 1 aromatic heterocycles. The molecule has 1 unspecified atom stereocenters. The molecule has 6 heteroatoms. The summed E-state index contributed by atoms with van der Waals surface area (Å²) in [5, 5.41) is 7.77. The van der Waals surface area contributed by atoms with Crippen LogP contribution in [0.2, 0.25) is 0 Å². The Balaban J connectivity index is 2.38. The van der Waals surface area contributed by atoms with E-state index in [0.717, 1.165) is 11.4 Å². The molecule has 76 valence electrons. The third-order valence-electron chi connectivity index (χ3n) is 1.43. The van der Waals surface area contributed by atoms with E-state index in [9.17, 15) is 0 Å². The van der Waals surface area contributed by atoms with Crippen LogP contribution in [0.25, 0.3) is 0 Å². The normalized spacial score (nSPS) is 12.1. The second-order valence-corrected chi connectivity index (χ2v) is 3.98. The van der Waals surface area contributed by atoms with Gasteiger partial charge in [-0.2, -0.15) is 10.2 Å². The summed E-state index contributed by atoms with van der Waals surface area (Å²) in [7, 11) is 0. The van der Waals surface area contributed by atoms with Gasteiger partial charge in [0.15, 0.2) is 5.96 Å². The summed E-state index contributed by atoms with van der Waals surface area (Å²) in [6.07, 6.45) is 1.65. The lowest BCUT2D eigenvalue weighted by atomic mass is 10.4. The first-order valence-corrected chi connectivity index (χ1v) is 5.20. The molecule has 1 rings (SSSR count). The Bertz CT molecular complexity index is 296. The van der Waals surface area contributed by atoms with Gasteiger partial charge in [-0.05, 0) is 19.1 Å². The first-order valence-electron chi connectivity index (χ1n) is 4.15. The molecule has 0 bridgehead atoms. The van der Waals surface area contributed by atoms with Crippen LogP contribution in [-0.2, 0) is 5.75 Å². The smallest absolute Gasteiger partial charge is 0.187 e. The molecule has 1 aromatic rings. The van der Waals surface area contributed by atoms with Crippen LogP contribution in [0.3, 0.4) is 0 Å². The fraction of sp³-hybridized carbons (Fsp3) is 0.375. The first kappa shape index (κ1) is 10.8. The number of hydrogen-bond acceptors (Lipinski definition) is 4. The van der Waals surface area contributed by atoms with E-state index in [1.54, 1.807) is 18.0 Å². The lowest BCUT2D eigenvalue weighted by molar-refractivity contribution is 0.963. The van der Waals surface area contributed by atoms with Gasteiger partial charge in [0.1, 0.15) is 0 Å². The van der Waals surface area contributed by atoms with Crippen molar-refractivity contribution in [3.63, 3.8) is 0 Å².